The minimum Gasteiger partial charge on any atom is -0.489 e. The van der Waals surface area contributed by atoms with Crippen molar-refractivity contribution in [2.45, 2.75) is 45.8 Å². The van der Waals surface area contributed by atoms with Crippen molar-refractivity contribution in [2.24, 2.45) is 10.9 Å². The van der Waals surface area contributed by atoms with Crippen LogP contribution in [0.3, 0.4) is 0 Å². The highest BCUT2D eigenvalue weighted by Crippen LogP contribution is 2.13. The van der Waals surface area contributed by atoms with Crippen molar-refractivity contribution in [3.63, 3.8) is 0 Å². The second-order valence-corrected chi connectivity index (χ2v) is 6.98. The molecule has 2 N–H and O–H groups in total. The van der Waals surface area contributed by atoms with E-state index >= 15 is 0 Å². The van der Waals surface area contributed by atoms with Gasteiger partial charge in [0, 0.05) is 32.1 Å². The lowest BCUT2D eigenvalue weighted by atomic mass is 10.2. The summed E-state index contributed by atoms with van der Waals surface area (Å²) in [6, 6.07) is 10.1. The largest absolute Gasteiger partial charge is 0.489 e. The Bertz CT molecular complexity index is 595. The number of hydrogen-bond donors (Lipinski definition) is 2. The summed E-state index contributed by atoms with van der Waals surface area (Å²) in [7, 11) is 1.76. The van der Waals surface area contributed by atoms with E-state index in [9.17, 15) is 4.79 Å². The van der Waals surface area contributed by atoms with Gasteiger partial charge in [-0.15, -0.1) is 24.0 Å². The van der Waals surface area contributed by atoms with Gasteiger partial charge in [-0.2, -0.15) is 0 Å². The molecule has 1 aliphatic heterocycles. The number of nitrogens with zero attached hydrogens (tertiary/aromatic N) is 2. The Hall–Kier alpha value is -1.51. The molecule has 1 heterocycles. The molecular weight excluding hydrogens is 455 g/mol. The topological polar surface area (TPSA) is 66.0 Å². The molecule has 2 unspecified atom stereocenters. The summed E-state index contributed by atoms with van der Waals surface area (Å²) < 4.78 is 6.01. The average Bonchev–Trinajstić information content (AvgIpc) is 3.12. The summed E-state index contributed by atoms with van der Waals surface area (Å²) in [5, 5.41) is 6.77. The predicted octanol–water partition coefficient (Wildman–Crippen LogP) is 2.88. The van der Waals surface area contributed by atoms with E-state index in [4.69, 9.17) is 4.74 Å². The molecule has 1 aromatic carbocycles. The number of hydrogen-bond acceptors (Lipinski definition) is 3. The summed E-state index contributed by atoms with van der Waals surface area (Å²) in [5.74, 6) is 1.90. The van der Waals surface area contributed by atoms with E-state index in [1.54, 1.807) is 7.05 Å². The van der Waals surface area contributed by atoms with Crippen molar-refractivity contribution in [3.05, 3.63) is 30.3 Å². The molecular formula is C20H33IN4O2. The molecule has 1 aromatic rings. The minimum atomic E-state index is 0. The molecule has 0 saturated carbocycles. The SMILES string of the molecule is CCC(CNC(=NC)NC1CCN(C(=O)C(C)C)C1)Oc1ccccc1.I. The molecule has 1 fully saturated rings. The van der Waals surface area contributed by atoms with Crippen LogP contribution in [-0.4, -0.2) is 55.6 Å². The highest BCUT2D eigenvalue weighted by molar-refractivity contribution is 14.0. The van der Waals surface area contributed by atoms with Crippen molar-refractivity contribution in [3.8, 4) is 5.75 Å². The molecule has 7 heteroatoms. The Morgan fingerprint density at radius 3 is 2.63 bits per heavy atom. The van der Waals surface area contributed by atoms with Crippen molar-refractivity contribution in [1.82, 2.24) is 15.5 Å². The first kappa shape index (κ1) is 23.5. The van der Waals surface area contributed by atoms with E-state index < -0.39 is 0 Å². The van der Waals surface area contributed by atoms with Crippen molar-refractivity contribution in [2.75, 3.05) is 26.7 Å². The van der Waals surface area contributed by atoms with Crippen LogP contribution in [0.5, 0.6) is 5.75 Å². The number of rotatable bonds is 7. The monoisotopic (exact) mass is 488 g/mol. The second kappa shape index (κ2) is 12.0. The number of guanidine groups is 1. The van der Waals surface area contributed by atoms with Crippen molar-refractivity contribution >= 4 is 35.8 Å². The van der Waals surface area contributed by atoms with Gasteiger partial charge >= 0.3 is 0 Å². The van der Waals surface area contributed by atoms with E-state index in [0.717, 1.165) is 37.6 Å². The van der Waals surface area contributed by atoms with Gasteiger partial charge in [-0.25, -0.2) is 0 Å². The minimum absolute atomic E-state index is 0. The lowest BCUT2D eigenvalue weighted by Gasteiger charge is -2.22. The summed E-state index contributed by atoms with van der Waals surface area (Å²) in [6.07, 6.45) is 1.91. The molecule has 0 aliphatic carbocycles. The second-order valence-electron chi connectivity index (χ2n) is 6.98. The van der Waals surface area contributed by atoms with Crippen LogP contribution in [0, 0.1) is 5.92 Å². The number of para-hydroxylation sites is 1. The van der Waals surface area contributed by atoms with Gasteiger partial charge in [0.25, 0.3) is 0 Å². The first-order chi connectivity index (χ1) is 12.5. The molecule has 0 spiro atoms. The average molecular weight is 488 g/mol. The van der Waals surface area contributed by atoms with E-state index in [1.807, 2.05) is 49.1 Å². The Morgan fingerprint density at radius 2 is 2.04 bits per heavy atom. The van der Waals surface area contributed by atoms with Crippen LogP contribution in [-0.2, 0) is 4.79 Å². The van der Waals surface area contributed by atoms with Gasteiger partial charge in [0.05, 0.1) is 6.54 Å². The normalized spacial score (nSPS) is 18.0. The van der Waals surface area contributed by atoms with Crippen LogP contribution >= 0.6 is 24.0 Å². The number of likely N-dealkylation sites (tertiary alicyclic amines) is 1. The Morgan fingerprint density at radius 1 is 1.33 bits per heavy atom. The zero-order valence-corrected chi connectivity index (χ0v) is 19.1. The zero-order valence-electron chi connectivity index (χ0n) is 16.8. The number of amides is 1. The number of halogens is 1. The van der Waals surface area contributed by atoms with Gasteiger partial charge in [-0.05, 0) is 25.0 Å². The van der Waals surface area contributed by atoms with Crippen LogP contribution in [0.1, 0.15) is 33.6 Å². The number of aliphatic imine (C=N–C) groups is 1. The number of carbonyl (C=O) groups excluding carboxylic acids is 1. The maximum atomic E-state index is 12.1. The van der Waals surface area contributed by atoms with Crippen LogP contribution in [0.2, 0.25) is 0 Å². The maximum Gasteiger partial charge on any atom is 0.225 e. The third kappa shape index (κ3) is 7.56. The Labute approximate surface area is 180 Å². The third-order valence-corrected chi connectivity index (χ3v) is 4.56. The molecule has 0 radical (unpaired) electrons. The highest BCUT2D eigenvalue weighted by atomic mass is 127. The van der Waals surface area contributed by atoms with Gasteiger partial charge in [0.15, 0.2) is 5.96 Å². The maximum absolute atomic E-state index is 12.1. The first-order valence-corrected chi connectivity index (χ1v) is 9.51. The fourth-order valence-electron chi connectivity index (χ4n) is 3.00. The van der Waals surface area contributed by atoms with Gasteiger partial charge in [-0.3, -0.25) is 9.79 Å². The van der Waals surface area contributed by atoms with Gasteiger partial charge < -0.3 is 20.3 Å². The molecule has 1 aliphatic rings. The first-order valence-electron chi connectivity index (χ1n) is 9.51. The molecule has 6 nitrogen and oxygen atoms in total. The van der Waals surface area contributed by atoms with E-state index in [0.29, 0.717) is 6.54 Å². The lowest BCUT2D eigenvalue weighted by molar-refractivity contribution is -0.133. The van der Waals surface area contributed by atoms with Crippen LogP contribution in [0.15, 0.2) is 35.3 Å². The molecule has 2 atom stereocenters. The van der Waals surface area contributed by atoms with Gasteiger partial charge in [-0.1, -0.05) is 39.0 Å². The smallest absolute Gasteiger partial charge is 0.225 e. The fraction of sp³-hybridized carbons (Fsp3) is 0.600. The van der Waals surface area contributed by atoms with E-state index in [-0.39, 0.29) is 47.9 Å². The predicted molar refractivity (Wildman–Crippen MR) is 121 cm³/mol. The summed E-state index contributed by atoms with van der Waals surface area (Å²) in [4.78, 5) is 18.3. The van der Waals surface area contributed by atoms with Crippen LogP contribution in [0.25, 0.3) is 0 Å². The molecule has 1 amide bonds. The van der Waals surface area contributed by atoms with E-state index in [2.05, 4.69) is 22.5 Å². The molecule has 0 aromatic heterocycles. The quantitative estimate of drug-likeness (QED) is 0.352. The van der Waals surface area contributed by atoms with E-state index in [1.165, 1.54) is 0 Å². The fourth-order valence-corrected chi connectivity index (χ4v) is 3.00. The number of benzene rings is 1. The number of carbonyl (C=O) groups is 1. The molecule has 0 bridgehead atoms. The summed E-state index contributed by atoms with van der Waals surface area (Å²) in [5.41, 5.74) is 0. The molecule has 1 saturated heterocycles. The van der Waals surface area contributed by atoms with Crippen molar-refractivity contribution < 1.29 is 9.53 Å². The number of nitrogens with one attached hydrogen (secondary N) is 2. The Kier molecular flexibility index (Phi) is 10.5. The molecule has 27 heavy (non-hydrogen) atoms. The highest BCUT2D eigenvalue weighted by Gasteiger charge is 2.28. The standard InChI is InChI=1S/C20H32N4O2.HI/c1-5-17(26-18-9-7-6-8-10-18)13-22-20(21-4)23-16-11-12-24(14-16)19(25)15(2)3;/h6-10,15-17H,5,11-14H2,1-4H3,(H2,21,22,23);1H. The van der Waals surface area contributed by atoms with Crippen molar-refractivity contribution in [1.29, 1.82) is 0 Å². The third-order valence-electron chi connectivity index (χ3n) is 4.56. The van der Waals surface area contributed by atoms with Crippen LogP contribution in [0.4, 0.5) is 0 Å². The zero-order chi connectivity index (χ0) is 18.9. The summed E-state index contributed by atoms with van der Waals surface area (Å²) >= 11 is 0. The molecule has 2 rings (SSSR count). The number of ether oxygens (including phenoxy) is 1. The molecule has 152 valence electrons. The lowest BCUT2D eigenvalue weighted by Crippen LogP contribution is -2.47. The van der Waals surface area contributed by atoms with Gasteiger partial charge in [0.2, 0.25) is 5.91 Å². The van der Waals surface area contributed by atoms with Crippen LogP contribution < -0.4 is 15.4 Å². The Balaban J connectivity index is 0.00000364. The van der Waals surface area contributed by atoms with Gasteiger partial charge in [0.1, 0.15) is 11.9 Å². The summed E-state index contributed by atoms with van der Waals surface area (Å²) in [6.45, 7) is 8.21.